The van der Waals surface area contributed by atoms with Crippen LogP contribution in [-0.4, -0.2) is 17.8 Å². The second-order valence-electron chi connectivity index (χ2n) is 3.98. The molecule has 0 aromatic heterocycles. The first-order valence-corrected chi connectivity index (χ1v) is 5.91. The standard InChI is InChI=1S/C11H22O2S/c1-4-5-6-9(2)8-13-11(12)7-10(3)14/h9-10,14H,4-8H2,1-3H3. The van der Waals surface area contributed by atoms with Crippen molar-refractivity contribution in [2.24, 2.45) is 5.92 Å². The van der Waals surface area contributed by atoms with E-state index in [1.165, 1.54) is 12.8 Å². The zero-order valence-electron chi connectivity index (χ0n) is 9.45. The maximum absolute atomic E-state index is 11.2. The Labute approximate surface area is 92.8 Å². The van der Waals surface area contributed by atoms with E-state index in [1.54, 1.807) is 0 Å². The van der Waals surface area contributed by atoms with Gasteiger partial charge < -0.3 is 4.74 Å². The highest BCUT2D eigenvalue weighted by Crippen LogP contribution is 2.09. The van der Waals surface area contributed by atoms with Gasteiger partial charge in [-0.1, -0.05) is 33.6 Å². The van der Waals surface area contributed by atoms with Crippen molar-refractivity contribution in [1.82, 2.24) is 0 Å². The summed E-state index contributed by atoms with van der Waals surface area (Å²) in [6.45, 7) is 6.73. The monoisotopic (exact) mass is 218 g/mol. The van der Waals surface area contributed by atoms with Crippen LogP contribution in [0, 0.1) is 5.92 Å². The molecule has 0 aliphatic carbocycles. The van der Waals surface area contributed by atoms with Crippen LogP contribution in [-0.2, 0) is 9.53 Å². The highest BCUT2D eigenvalue weighted by molar-refractivity contribution is 7.80. The molecule has 0 amide bonds. The molecule has 0 aliphatic heterocycles. The van der Waals surface area contributed by atoms with Crippen LogP contribution in [0.1, 0.15) is 46.5 Å². The topological polar surface area (TPSA) is 26.3 Å². The van der Waals surface area contributed by atoms with E-state index in [-0.39, 0.29) is 11.2 Å². The van der Waals surface area contributed by atoms with E-state index in [9.17, 15) is 4.79 Å². The Kier molecular flexibility index (Phi) is 8.05. The molecule has 0 rings (SSSR count). The van der Waals surface area contributed by atoms with Gasteiger partial charge >= 0.3 is 5.97 Å². The van der Waals surface area contributed by atoms with Crippen LogP contribution in [0.2, 0.25) is 0 Å². The fourth-order valence-corrected chi connectivity index (χ4v) is 1.32. The second kappa shape index (κ2) is 8.16. The van der Waals surface area contributed by atoms with Gasteiger partial charge in [0.25, 0.3) is 0 Å². The number of carbonyl (C=O) groups excluding carboxylic acids is 1. The summed E-state index contributed by atoms with van der Waals surface area (Å²) < 4.78 is 5.12. The van der Waals surface area contributed by atoms with Crippen molar-refractivity contribution in [2.45, 2.75) is 51.7 Å². The molecule has 0 fully saturated rings. The van der Waals surface area contributed by atoms with E-state index in [0.29, 0.717) is 18.9 Å². The average Bonchev–Trinajstić information content (AvgIpc) is 2.10. The molecular weight excluding hydrogens is 196 g/mol. The van der Waals surface area contributed by atoms with Crippen LogP contribution >= 0.6 is 12.6 Å². The first kappa shape index (κ1) is 13.8. The van der Waals surface area contributed by atoms with Crippen LogP contribution < -0.4 is 0 Å². The molecule has 0 aromatic rings. The van der Waals surface area contributed by atoms with E-state index in [2.05, 4.69) is 26.5 Å². The summed E-state index contributed by atoms with van der Waals surface area (Å²) >= 11 is 4.14. The minimum atomic E-state index is -0.129. The number of unbranched alkanes of at least 4 members (excludes halogenated alkanes) is 1. The lowest BCUT2D eigenvalue weighted by molar-refractivity contribution is -0.144. The van der Waals surface area contributed by atoms with Gasteiger partial charge in [0.1, 0.15) is 0 Å². The summed E-state index contributed by atoms with van der Waals surface area (Å²) in [7, 11) is 0. The quantitative estimate of drug-likeness (QED) is 0.525. The van der Waals surface area contributed by atoms with E-state index < -0.39 is 0 Å². The highest BCUT2D eigenvalue weighted by Gasteiger charge is 2.08. The van der Waals surface area contributed by atoms with Gasteiger partial charge in [0, 0.05) is 5.25 Å². The van der Waals surface area contributed by atoms with Gasteiger partial charge in [-0.3, -0.25) is 4.79 Å². The normalized spacial score (nSPS) is 14.9. The number of hydrogen-bond acceptors (Lipinski definition) is 3. The zero-order valence-corrected chi connectivity index (χ0v) is 10.3. The van der Waals surface area contributed by atoms with E-state index >= 15 is 0 Å². The molecule has 0 saturated heterocycles. The third kappa shape index (κ3) is 8.42. The van der Waals surface area contributed by atoms with Crippen molar-refractivity contribution in [3.05, 3.63) is 0 Å². The Morgan fingerprint density at radius 2 is 2.07 bits per heavy atom. The van der Waals surface area contributed by atoms with Crippen molar-refractivity contribution >= 4 is 18.6 Å². The molecule has 0 heterocycles. The van der Waals surface area contributed by atoms with Crippen LogP contribution in [0.25, 0.3) is 0 Å². The third-order valence-electron chi connectivity index (χ3n) is 2.04. The lowest BCUT2D eigenvalue weighted by atomic mass is 10.1. The minimum Gasteiger partial charge on any atom is -0.465 e. The SMILES string of the molecule is CCCCC(C)COC(=O)CC(C)S. The van der Waals surface area contributed by atoms with Gasteiger partial charge in [0.2, 0.25) is 0 Å². The van der Waals surface area contributed by atoms with Gasteiger partial charge in [0.05, 0.1) is 13.0 Å². The van der Waals surface area contributed by atoms with Crippen LogP contribution in [0.5, 0.6) is 0 Å². The Bertz CT molecular complexity index is 157. The fraction of sp³-hybridized carbons (Fsp3) is 0.909. The summed E-state index contributed by atoms with van der Waals surface area (Å²) in [6.07, 6.45) is 3.96. The molecule has 0 bridgehead atoms. The van der Waals surface area contributed by atoms with E-state index in [4.69, 9.17) is 4.74 Å². The van der Waals surface area contributed by atoms with Crippen molar-refractivity contribution in [1.29, 1.82) is 0 Å². The van der Waals surface area contributed by atoms with Crippen LogP contribution in [0.3, 0.4) is 0 Å². The average molecular weight is 218 g/mol. The summed E-state index contributed by atoms with van der Waals surface area (Å²) in [5.41, 5.74) is 0. The maximum atomic E-state index is 11.2. The van der Waals surface area contributed by atoms with Gasteiger partial charge in [0.15, 0.2) is 0 Å². The van der Waals surface area contributed by atoms with Crippen LogP contribution in [0.15, 0.2) is 0 Å². The van der Waals surface area contributed by atoms with Crippen molar-refractivity contribution in [3.63, 3.8) is 0 Å². The summed E-state index contributed by atoms with van der Waals surface area (Å²) in [6, 6.07) is 0. The van der Waals surface area contributed by atoms with Crippen molar-refractivity contribution in [3.8, 4) is 0 Å². The zero-order chi connectivity index (χ0) is 11.0. The molecule has 2 unspecified atom stereocenters. The second-order valence-corrected chi connectivity index (χ2v) is 4.87. The van der Waals surface area contributed by atoms with Gasteiger partial charge in [-0.2, -0.15) is 12.6 Å². The number of thiol groups is 1. The first-order chi connectivity index (χ1) is 6.56. The molecule has 0 aliphatic rings. The first-order valence-electron chi connectivity index (χ1n) is 5.40. The van der Waals surface area contributed by atoms with Crippen LogP contribution in [0.4, 0.5) is 0 Å². The molecule has 0 aromatic carbocycles. The number of ether oxygens (including phenoxy) is 1. The molecule has 14 heavy (non-hydrogen) atoms. The Balaban J connectivity index is 3.45. The predicted molar refractivity (Wildman–Crippen MR) is 62.7 cm³/mol. The molecule has 84 valence electrons. The Morgan fingerprint density at radius 1 is 1.43 bits per heavy atom. The lowest BCUT2D eigenvalue weighted by Gasteiger charge is -2.11. The third-order valence-corrected chi connectivity index (χ3v) is 2.22. The molecule has 0 spiro atoms. The van der Waals surface area contributed by atoms with Gasteiger partial charge in [-0.15, -0.1) is 0 Å². The summed E-state index contributed by atoms with van der Waals surface area (Å²) in [5.74, 6) is 0.352. The smallest absolute Gasteiger partial charge is 0.306 e. The fourth-order valence-electron chi connectivity index (χ4n) is 1.17. The summed E-state index contributed by atoms with van der Waals surface area (Å²) in [4.78, 5) is 11.2. The van der Waals surface area contributed by atoms with E-state index in [1.807, 2.05) is 6.92 Å². The Morgan fingerprint density at radius 3 is 2.57 bits per heavy atom. The molecule has 3 heteroatoms. The largest absolute Gasteiger partial charge is 0.465 e. The minimum absolute atomic E-state index is 0.0912. The number of rotatable bonds is 7. The highest BCUT2D eigenvalue weighted by atomic mass is 32.1. The molecular formula is C11H22O2S. The summed E-state index contributed by atoms with van der Waals surface area (Å²) in [5, 5.41) is 0.0912. The molecule has 2 nitrogen and oxygen atoms in total. The molecule has 2 atom stereocenters. The molecule has 0 radical (unpaired) electrons. The van der Waals surface area contributed by atoms with Gasteiger partial charge in [-0.05, 0) is 12.3 Å². The Hall–Kier alpha value is -0.180. The molecule has 0 saturated carbocycles. The maximum Gasteiger partial charge on any atom is 0.306 e. The predicted octanol–water partition coefficient (Wildman–Crippen LogP) is 3.06. The number of hydrogen-bond donors (Lipinski definition) is 1. The van der Waals surface area contributed by atoms with Gasteiger partial charge in [-0.25, -0.2) is 0 Å². The van der Waals surface area contributed by atoms with E-state index in [0.717, 1.165) is 6.42 Å². The molecule has 0 N–H and O–H groups in total. The van der Waals surface area contributed by atoms with Crippen molar-refractivity contribution < 1.29 is 9.53 Å². The lowest BCUT2D eigenvalue weighted by Crippen LogP contribution is -2.14. The number of esters is 1. The number of carbonyl (C=O) groups is 1. The van der Waals surface area contributed by atoms with Crippen molar-refractivity contribution in [2.75, 3.05) is 6.61 Å².